The van der Waals surface area contributed by atoms with Gasteiger partial charge in [-0.25, -0.2) is 0 Å². The summed E-state index contributed by atoms with van der Waals surface area (Å²) in [5.41, 5.74) is -1.38. The first kappa shape index (κ1) is 22.2. The molecule has 0 bridgehead atoms. The molecule has 4 unspecified atom stereocenters. The highest BCUT2D eigenvalue weighted by Crippen LogP contribution is 2.69. The van der Waals surface area contributed by atoms with E-state index in [0.29, 0.717) is 17.1 Å². The van der Waals surface area contributed by atoms with E-state index in [0.717, 1.165) is 5.56 Å². The molecule has 176 valence electrons. The van der Waals surface area contributed by atoms with Crippen LogP contribution in [0.25, 0.3) is 0 Å². The minimum Gasteiger partial charge on any atom is -0.497 e. The summed E-state index contributed by atoms with van der Waals surface area (Å²) in [6.45, 7) is 0. The molecule has 0 radical (unpaired) electrons. The van der Waals surface area contributed by atoms with Crippen LogP contribution in [0.2, 0.25) is 0 Å². The van der Waals surface area contributed by atoms with Gasteiger partial charge < -0.3 is 24.1 Å². The number of ketones is 1. The quantitative estimate of drug-likeness (QED) is 0.681. The molecule has 2 aromatic rings. The lowest BCUT2D eigenvalue weighted by Gasteiger charge is -2.40. The first-order valence-corrected chi connectivity index (χ1v) is 11.1. The molecule has 7 nitrogen and oxygen atoms in total. The van der Waals surface area contributed by atoms with Gasteiger partial charge >= 0.3 is 5.97 Å². The van der Waals surface area contributed by atoms with Crippen molar-refractivity contribution < 1.29 is 33.6 Å². The van der Waals surface area contributed by atoms with E-state index in [-0.39, 0.29) is 30.0 Å². The fourth-order valence-corrected chi connectivity index (χ4v) is 5.88. The van der Waals surface area contributed by atoms with Crippen LogP contribution in [0, 0.1) is 5.92 Å². The SMILES string of the molecule is COC(=O)C1CC2(O)C3=C(OC)C(=O)CC=C3OC2(c2ccc(OC)cc2)C1c1ccccc1. The topological polar surface area (TPSA) is 91.3 Å². The Hall–Kier alpha value is -3.58. The monoisotopic (exact) mass is 462 g/mol. The molecular formula is C27H26O7. The normalized spacial score (nSPS) is 29.6. The van der Waals surface area contributed by atoms with E-state index in [1.165, 1.54) is 14.2 Å². The number of carbonyl (C=O) groups is 2. The predicted molar refractivity (Wildman–Crippen MR) is 122 cm³/mol. The third-order valence-corrected chi connectivity index (χ3v) is 7.24. The number of allylic oxidation sites excluding steroid dienone is 2. The highest BCUT2D eigenvalue weighted by atomic mass is 16.5. The van der Waals surface area contributed by atoms with Crippen molar-refractivity contribution in [3.8, 4) is 5.75 Å². The number of aliphatic hydroxyl groups is 1. The van der Waals surface area contributed by atoms with Gasteiger partial charge in [0, 0.05) is 12.3 Å². The minimum atomic E-state index is -1.73. The first-order valence-electron chi connectivity index (χ1n) is 11.1. The van der Waals surface area contributed by atoms with Crippen LogP contribution in [0.3, 0.4) is 0 Å². The summed E-state index contributed by atoms with van der Waals surface area (Å²) in [5, 5.41) is 12.5. The van der Waals surface area contributed by atoms with E-state index in [1.54, 1.807) is 25.3 Å². The second-order valence-corrected chi connectivity index (χ2v) is 8.75. The van der Waals surface area contributed by atoms with Gasteiger partial charge in [0.15, 0.2) is 11.4 Å². The summed E-state index contributed by atoms with van der Waals surface area (Å²) in [5.74, 6) is -0.937. The van der Waals surface area contributed by atoms with Gasteiger partial charge in [-0.2, -0.15) is 0 Å². The fraction of sp³-hybridized carbons (Fsp3) is 0.333. The van der Waals surface area contributed by atoms with Gasteiger partial charge in [-0.15, -0.1) is 0 Å². The zero-order chi connectivity index (χ0) is 24.1. The largest absolute Gasteiger partial charge is 0.497 e. The van der Waals surface area contributed by atoms with Crippen LogP contribution >= 0.6 is 0 Å². The maximum atomic E-state index is 13.1. The lowest BCUT2D eigenvalue weighted by atomic mass is 9.70. The first-order chi connectivity index (χ1) is 16.4. The Morgan fingerprint density at radius 1 is 1.03 bits per heavy atom. The van der Waals surface area contributed by atoms with Crippen LogP contribution in [0.5, 0.6) is 5.75 Å². The van der Waals surface area contributed by atoms with E-state index in [1.807, 2.05) is 42.5 Å². The summed E-state index contributed by atoms with van der Waals surface area (Å²) >= 11 is 0. The van der Waals surface area contributed by atoms with Crippen molar-refractivity contribution in [2.45, 2.75) is 30.0 Å². The number of Topliss-reactive ketones (excluding diaryl/α,β-unsaturated/α-hetero) is 1. The summed E-state index contributed by atoms with van der Waals surface area (Å²) in [7, 11) is 4.31. The molecular weight excluding hydrogens is 436 g/mol. The number of hydrogen-bond donors (Lipinski definition) is 1. The smallest absolute Gasteiger partial charge is 0.309 e. The molecule has 2 fully saturated rings. The van der Waals surface area contributed by atoms with Crippen LogP contribution in [-0.4, -0.2) is 43.8 Å². The van der Waals surface area contributed by atoms with Crippen molar-refractivity contribution in [3.05, 3.63) is 88.9 Å². The molecule has 2 aliphatic carbocycles. The number of esters is 1. The molecule has 34 heavy (non-hydrogen) atoms. The number of benzene rings is 2. The molecule has 1 N–H and O–H groups in total. The average Bonchev–Trinajstić information content (AvgIpc) is 3.28. The lowest BCUT2D eigenvalue weighted by molar-refractivity contribution is -0.147. The molecule has 0 aromatic heterocycles. The minimum absolute atomic E-state index is 0.00191. The van der Waals surface area contributed by atoms with Crippen LogP contribution in [-0.2, 0) is 29.4 Å². The fourth-order valence-electron chi connectivity index (χ4n) is 5.88. The number of ether oxygens (including phenoxy) is 4. The van der Waals surface area contributed by atoms with E-state index < -0.39 is 29.0 Å². The van der Waals surface area contributed by atoms with Crippen molar-refractivity contribution in [1.29, 1.82) is 0 Å². The molecule has 2 aromatic carbocycles. The van der Waals surface area contributed by atoms with Gasteiger partial charge in [0.2, 0.25) is 5.78 Å². The van der Waals surface area contributed by atoms with Crippen LogP contribution in [0.15, 0.2) is 77.8 Å². The van der Waals surface area contributed by atoms with E-state index in [9.17, 15) is 14.7 Å². The molecule has 1 heterocycles. The maximum Gasteiger partial charge on any atom is 0.309 e. The number of fused-ring (bicyclic) bond motifs is 3. The number of carbonyl (C=O) groups excluding carboxylic acids is 2. The average molecular weight is 462 g/mol. The van der Waals surface area contributed by atoms with Crippen molar-refractivity contribution in [2.75, 3.05) is 21.3 Å². The van der Waals surface area contributed by atoms with Gasteiger partial charge in [0.25, 0.3) is 0 Å². The van der Waals surface area contributed by atoms with Crippen molar-refractivity contribution in [1.82, 2.24) is 0 Å². The van der Waals surface area contributed by atoms with Gasteiger partial charge in [-0.3, -0.25) is 9.59 Å². The zero-order valence-corrected chi connectivity index (χ0v) is 19.2. The molecule has 0 spiro atoms. The Bertz CT molecular complexity index is 1200. The molecule has 1 saturated heterocycles. The van der Waals surface area contributed by atoms with E-state index in [4.69, 9.17) is 18.9 Å². The third-order valence-electron chi connectivity index (χ3n) is 7.24. The van der Waals surface area contributed by atoms with E-state index in [2.05, 4.69) is 0 Å². The molecule has 5 rings (SSSR count). The maximum absolute atomic E-state index is 13.1. The third kappa shape index (κ3) is 2.86. The highest BCUT2D eigenvalue weighted by Gasteiger charge is 2.75. The second-order valence-electron chi connectivity index (χ2n) is 8.75. The Labute approximate surface area is 197 Å². The number of rotatable bonds is 5. The Kier molecular flexibility index (Phi) is 5.24. The summed E-state index contributed by atoms with van der Waals surface area (Å²) in [4.78, 5) is 25.8. The molecule has 0 amide bonds. The predicted octanol–water partition coefficient (Wildman–Crippen LogP) is 3.39. The Balaban J connectivity index is 1.84. The van der Waals surface area contributed by atoms with Crippen molar-refractivity contribution in [2.24, 2.45) is 5.92 Å². The van der Waals surface area contributed by atoms with Crippen LogP contribution < -0.4 is 4.74 Å². The van der Waals surface area contributed by atoms with E-state index >= 15 is 0 Å². The zero-order valence-electron chi connectivity index (χ0n) is 19.2. The molecule has 7 heteroatoms. The van der Waals surface area contributed by atoms with Gasteiger partial charge in [0.05, 0.1) is 32.8 Å². The number of methoxy groups -OCH3 is 3. The van der Waals surface area contributed by atoms with Crippen molar-refractivity contribution in [3.63, 3.8) is 0 Å². The summed E-state index contributed by atoms with van der Waals surface area (Å²) in [6, 6.07) is 16.7. The lowest BCUT2D eigenvalue weighted by Crippen LogP contribution is -2.48. The molecule has 1 aliphatic heterocycles. The molecule has 4 atom stereocenters. The Morgan fingerprint density at radius 3 is 2.35 bits per heavy atom. The standard InChI is InChI=1S/C27H26O7/c1-31-18-11-9-17(10-12-18)27-22(16-7-5-4-6-8-16)19(25(29)33-3)15-26(27,30)23-21(34-27)14-13-20(28)24(23)32-2/h4-12,14,19,22,30H,13,15H2,1-3H3. The van der Waals surface area contributed by atoms with Crippen molar-refractivity contribution >= 4 is 11.8 Å². The van der Waals surface area contributed by atoms with Gasteiger partial charge in [-0.1, -0.05) is 42.5 Å². The van der Waals surface area contributed by atoms with Gasteiger partial charge in [-0.05, 0) is 35.8 Å². The molecule has 3 aliphatic rings. The Morgan fingerprint density at radius 2 is 1.74 bits per heavy atom. The second kappa shape index (κ2) is 8.02. The molecule has 1 saturated carbocycles. The van der Waals surface area contributed by atoms with Crippen LogP contribution in [0.1, 0.15) is 29.9 Å². The summed E-state index contributed by atoms with van der Waals surface area (Å²) in [6.07, 6.45) is 1.78. The number of hydrogen-bond acceptors (Lipinski definition) is 7. The van der Waals surface area contributed by atoms with Gasteiger partial charge in [0.1, 0.15) is 17.1 Å². The van der Waals surface area contributed by atoms with Crippen LogP contribution in [0.4, 0.5) is 0 Å². The highest BCUT2D eigenvalue weighted by molar-refractivity contribution is 5.98. The summed E-state index contributed by atoms with van der Waals surface area (Å²) < 4.78 is 22.7.